The Morgan fingerprint density at radius 1 is 1.12 bits per heavy atom. The van der Waals surface area contributed by atoms with Gasteiger partial charge in [-0.1, -0.05) is 29.8 Å². The van der Waals surface area contributed by atoms with Crippen molar-refractivity contribution >= 4 is 46.4 Å². The van der Waals surface area contributed by atoms with E-state index in [2.05, 4.69) is 10.6 Å². The average Bonchev–Trinajstić information content (AvgIpc) is 2.98. The minimum Gasteiger partial charge on any atom is -0.326 e. The van der Waals surface area contributed by atoms with Crippen molar-refractivity contribution in [2.45, 2.75) is 13.3 Å². The number of rotatable bonds is 4. The monoisotopic (exact) mass is 371 g/mol. The summed E-state index contributed by atoms with van der Waals surface area (Å²) in [7, 11) is 0. The van der Waals surface area contributed by atoms with Crippen LogP contribution in [0.1, 0.15) is 13.3 Å². The van der Waals surface area contributed by atoms with Crippen molar-refractivity contribution in [2.75, 3.05) is 22.1 Å². The molecule has 1 saturated heterocycles. The van der Waals surface area contributed by atoms with E-state index in [1.54, 1.807) is 53.4 Å². The first-order valence-electron chi connectivity index (χ1n) is 8.17. The maximum absolute atomic E-state index is 12.5. The second kappa shape index (κ2) is 7.58. The summed E-state index contributed by atoms with van der Waals surface area (Å²) in [5, 5.41) is 5.91. The molecule has 0 unspecified atom stereocenters. The molecule has 0 saturated carbocycles. The molecule has 2 aromatic rings. The summed E-state index contributed by atoms with van der Waals surface area (Å²) < 4.78 is 0. The van der Waals surface area contributed by atoms with Crippen LogP contribution in [-0.2, 0) is 14.4 Å². The number of halogens is 1. The Balaban J connectivity index is 1.71. The van der Waals surface area contributed by atoms with Crippen molar-refractivity contribution in [3.05, 3.63) is 53.6 Å². The highest BCUT2D eigenvalue weighted by Gasteiger charge is 2.35. The molecule has 6 nitrogen and oxygen atoms in total. The van der Waals surface area contributed by atoms with E-state index >= 15 is 0 Å². The lowest BCUT2D eigenvalue weighted by molar-refractivity contribution is -0.122. The van der Waals surface area contributed by atoms with Gasteiger partial charge in [0.05, 0.1) is 16.6 Å². The molecule has 2 N–H and O–H groups in total. The van der Waals surface area contributed by atoms with E-state index < -0.39 is 5.92 Å². The molecule has 1 aliphatic heterocycles. The fraction of sp³-hybridized carbons (Fsp3) is 0.211. The van der Waals surface area contributed by atoms with Gasteiger partial charge in [0.15, 0.2) is 0 Å². The Labute approximate surface area is 156 Å². The van der Waals surface area contributed by atoms with Crippen LogP contribution in [0.3, 0.4) is 0 Å². The van der Waals surface area contributed by atoms with Crippen molar-refractivity contribution in [1.29, 1.82) is 0 Å². The summed E-state index contributed by atoms with van der Waals surface area (Å²) in [4.78, 5) is 37.6. The van der Waals surface area contributed by atoms with Gasteiger partial charge in [-0.3, -0.25) is 14.4 Å². The van der Waals surface area contributed by atoms with Crippen LogP contribution in [0.5, 0.6) is 0 Å². The fourth-order valence-electron chi connectivity index (χ4n) is 2.88. The van der Waals surface area contributed by atoms with Crippen molar-refractivity contribution in [3.63, 3.8) is 0 Å². The van der Waals surface area contributed by atoms with Gasteiger partial charge >= 0.3 is 0 Å². The zero-order valence-corrected chi connectivity index (χ0v) is 14.9. The number of hydrogen-bond donors (Lipinski definition) is 2. The summed E-state index contributed by atoms with van der Waals surface area (Å²) in [6.07, 6.45) is 0.126. The predicted octanol–water partition coefficient (Wildman–Crippen LogP) is 3.29. The maximum atomic E-state index is 12.5. The molecule has 1 atom stereocenters. The van der Waals surface area contributed by atoms with Gasteiger partial charge < -0.3 is 15.5 Å². The number of amides is 3. The molecular formula is C19H18ClN3O3. The maximum Gasteiger partial charge on any atom is 0.229 e. The number of hydrogen-bond acceptors (Lipinski definition) is 3. The van der Waals surface area contributed by atoms with Crippen molar-refractivity contribution in [3.8, 4) is 0 Å². The van der Waals surface area contributed by atoms with Crippen molar-refractivity contribution < 1.29 is 14.4 Å². The number of carbonyl (C=O) groups is 3. The molecule has 3 amide bonds. The van der Waals surface area contributed by atoms with Crippen LogP contribution in [0.4, 0.5) is 17.1 Å². The number of anilines is 3. The zero-order valence-electron chi connectivity index (χ0n) is 14.2. The van der Waals surface area contributed by atoms with E-state index in [0.29, 0.717) is 22.1 Å². The Bertz CT molecular complexity index is 869. The quantitative estimate of drug-likeness (QED) is 0.865. The van der Waals surface area contributed by atoms with Gasteiger partial charge in [-0.2, -0.15) is 0 Å². The summed E-state index contributed by atoms with van der Waals surface area (Å²) >= 11 is 6.06. The number of nitrogens with zero attached hydrogens (tertiary/aromatic N) is 1. The Morgan fingerprint density at radius 2 is 1.88 bits per heavy atom. The standard InChI is InChI=1S/C19H18ClN3O3/c1-12(24)21-14-5-4-6-15(10-14)23-11-13(9-18(23)25)19(26)22-17-8-3-2-7-16(17)20/h2-8,10,13H,9,11H2,1H3,(H,21,24)(H,22,26)/t13-/m1/s1. The number of benzene rings is 2. The fourth-order valence-corrected chi connectivity index (χ4v) is 3.07. The largest absolute Gasteiger partial charge is 0.326 e. The molecule has 1 aliphatic rings. The highest BCUT2D eigenvalue weighted by atomic mass is 35.5. The normalized spacial score (nSPS) is 16.5. The summed E-state index contributed by atoms with van der Waals surface area (Å²) in [5.41, 5.74) is 1.78. The van der Waals surface area contributed by atoms with Gasteiger partial charge in [-0.05, 0) is 30.3 Å². The van der Waals surface area contributed by atoms with Crippen LogP contribution in [0, 0.1) is 5.92 Å². The van der Waals surface area contributed by atoms with Crippen LogP contribution < -0.4 is 15.5 Å². The molecule has 0 spiro atoms. The molecule has 1 fully saturated rings. The zero-order chi connectivity index (χ0) is 18.7. The molecular weight excluding hydrogens is 354 g/mol. The van der Waals surface area contributed by atoms with Gasteiger partial charge in [0.25, 0.3) is 0 Å². The second-order valence-corrected chi connectivity index (χ2v) is 6.51. The van der Waals surface area contributed by atoms with Crippen LogP contribution in [0.25, 0.3) is 0 Å². The van der Waals surface area contributed by atoms with Gasteiger partial charge in [-0.25, -0.2) is 0 Å². The first-order chi connectivity index (χ1) is 12.4. The molecule has 0 radical (unpaired) electrons. The van der Waals surface area contributed by atoms with Crippen LogP contribution in [0.2, 0.25) is 5.02 Å². The summed E-state index contributed by atoms with van der Waals surface area (Å²) in [6, 6.07) is 14.0. The molecule has 3 rings (SSSR count). The molecule has 26 heavy (non-hydrogen) atoms. The Morgan fingerprint density at radius 3 is 2.62 bits per heavy atom. The third-order valence-electron chi connectivity index (χ3n) is 4.11. The van der Waals surface area contributed by atoms with Gasteiger partial charge in [-0.15, -0.1) is 0 Å². The first-order valence-corrected chi connectivity index (χ1v) is 8.55. The predicted molar refractivity (Wildman–Crippen MR) is 101 cm³/mol. The van der Waals surface area contributed by atoms with E-state index in [0.717, 1.165) is 0 Å². The number of nitrogens with one attached hydrogen (secondary N) is 2. The number of para-hydroxylation sites is 1. The summed E-state index contributed by atoms with van der Waals surface area (Å²) in [6.45, 7) is 1.70. The number of carbonyl (C=O) groups excluding carboxylic acids is 3. The third kappa shape index (κ3) is 4.03. The smallest absolute Gasteiger partial charge is 0.229 e. The average molecular weight is 372 g/mol. The minimum absolute atomic E-state index is 0.126. The van der Waals surface area contributed by atoms with E-state index in [1.165, 1.54) is 6.92 Å². The lowest BCUT2D eigenvalue weighted by atomic mass is 10.1. The van der Waals surface area contributed by atoms with Crippen LogP contribution >= 0.6 is 11.6 Å². The third-order valence-corrected chi connectivity index (χ3v) is 4.44. The molecule has 7 heteroatoms. The van der Waals surface area contributed by atoms with E-state index in [-0.39, 0.29) is 30.7 Å². The molecule has 2 aromatic carbocycles. The van der Waals surface area contributed by atoms with E-state index in [1.807, 2.05) is 0 Å². The second-order valence-electron chi connectivity index (χ2n) is 6.11. The van der Waals surface area contributed by atoms with Crippen molar-refractivity contribution in [2.24, 2.45) is 5.92 Å². The van der Waals surface area contributed by atoms with Crippen molar-refractivity contribution in [1.82, 2.24) is 0 Å². The molecule has 134 valence electrons. The van der Waals surface area contributed by atoms with Gasteiger partial charge in [0, 0.05) is 31.3 Å². The van der Waals surface area contributed by atoms with E-state index in [9.17, 15) is 14.4 Å². The lowest BCUT2D eigenvalue weighted by Gasteiger charge is -2.18. The highest BCUT2D eigenvalue weighted by Crippen LogP contribution is 2.29. The molecule has 1 heterocycles. The highest BCUT2D eigenvalue weighted by molar-refractivity contribution is 6.33. The Kier molecular flexibility index (Phi) is 5.23. The minimum atomic E-state index is -0.469. The van der Waals surface area contributed by atoms with Gasteiger partial charge in [0.1, 0.15) is 0 Å². The van der Waals surface area contributed by atoms with Crippen LogP contribution in [-0.4, -0.2) is 24.3 Å². The first kappa shape index (κ1) is 17.9. The van der Waals surface area contributed by atoms with Crippen LogP contribution in [0.15, 0.2) is 48.5 Å². The molecule has 0 aliphatic carbocycles. The SMILES string of the molecule is CC(=O)Nc1cccc(N2C[C@H](C(=O)Nc3ccccc3Cl)CC2=O)c1. The topological polar surface area (TPSA) is 78.5 Å². The Hall–Kier alpha value is -2.86. The summed E-state index contributed by atoms with van der Waals surface area (Å²) in [5.74, 6) is -1.04. The molecule has 0 aromatic heterocycles. The van der Waals surface area contributed by atoms with Gasteiger partial charge in [0.2, 0.25) is 17.7 Å². The molecule has 0 bridgehead atoms. The van der Waals surface area contributed by atoms with E-state index in [4.69, 9.17) is 11.6 Å². The lowest BCUT2D eigenvalue weighted by Crippen LogP contribution is -2.28.